The van der Waals surface area contributed by atoms with Gasteiger partial charge in [0, 0.05) is 31.2 Å². The molecule has 1 aliphatic heterocycles. The number of amides is 2. The quantitative estimate of drug-likeness (QED) is 0.891. The molecule has 1 N–H and O–H groups in total. The number of nitrogens with one attached hydrogen (secondary N) is 1. The van der Waals surface area contributed by atoms with Crippen molar-refractivity contribution in [1.82, 2.24) is 9.88 Å². The van der Waals surface area contributed by atoms with E-state index in [1.54, 1.807) is 0 Å². The summed E-state index contributed by atoms with van der Waals surface area (Å²) in [6, 6.07) is 9.99. The Labute approximate surface area is 146 Å². The van der Waals surface area contributed by atoms with E-state index < -0.39 is 0 Å². The lowest BCUT2D eigenvalue weighted by Crippen LogP contribution is -2.33. The topological polar surface area (TPSA) is 54.5 Å². The molecule has 1 atom stereocenters. The van der Waals surface area contributed by atoms with E-state index in [0.717, 1.165) is 54.0 Å². The van der Waals surface area contributed by atoms with Crippen molar-refractivity contribution >= 4 is 22.4 Å². The molecular weight excluding hydrogens is 322 g/mol. The van der Waals surface area contributed by atoms with Crippen LogP contribution in [0.5, 0.6) is 0 Å². The second kappa shape index (κ2) is 7.77. The number of likely N-dealkylation sites (tertiary alicyclic amines) is 1. The molecule has 2 amide bonds. The highest BCUT2D eigenvalue weighted by molar-refractivity contribution is 7.19. The maximum Gasteiger partial charge on any atom is 0.322 e. The van der Waals surface area contributed by atoms with Crippen LogP contribution in [0.15, 0.2) is 30.3 Å². The van der Waals surface area contributed by atoms with E-state index in [4.69, 9.17) is 4.74 Å². The third kappa shape index (κ3) is 3.94. The number of hydrogen-bond donors (Lipinski definition) is 1. The molecule has 1 saturated heterocycles. The molecule has 1 aromatic carbocycles. The van der Waals surface area contributed by atoms with Gasteiger partial charge in [0.1, 0.15) is 10.0 Å². The van der Waals surface area contributed by atoms with E-state index in [9.17, 15) is 4.79 Å². The average molecular weight is 345 g/mol. The summed E-state index contributed by atoms with van der Waals surface area (Å²) in [5.41, 5.74) is 1.93. The van der Waals surface area contributed by atoms with Gasteiger partial charge in [0.2, 0.25) is 0 Å². The Kier molecular flexibility index (Phi) is 5.48. The second-order valence-corrected chi connectivity index (χ2v) is 6.99. The minimum atomic E-state index is -0.0413. The zero-order valence-corrected chi connectivity index (χ0v) is 14.9. The molecule has 1 fully saturated rings. The van der Waals surface area contributed by atoms with Crippen LogP contribution in [0.4, 0.5) is 9.80 Å². The van der Waals surface area contributed by atoms with Gasteiger partial charge in [-0.2, -0.15) is 0 Å². The fourth-order valence-electron chi connectivity index (χ4n) is 2.83. The van der Waals surface area contributed by atoms with Gasteiger partial charge in [0.15, 0.2) is 0 Å². The maximum atomic E-state index is 12.5. The number of aromatic nitrogens is 1. The number of urea groups is 1. The van der Waals surface area contributed by atoms with Crippen molar-refractivity contribution in [2.75, 3.05) is 31.6 Å². The van der Waals surface area contributed by atoms with Crippen LogP contribution in [-0.2, 0) is 4.74 Å². The first kappa shape index (κ1) is 16.9. The number of hydrogen-bond acceptors (Lipinski definition) is 4. The summed E-state index contributed by atoms with van der Waals surface area (Å²) >= 11 is 1.52. The molecule has 0 unspecified atom stereocenters. The summed E-state index contributed by atoms with van der Waals surface area (Å²) in [5.74, 6) is 0.443. The van der Waals surface area contributed by atoms with Gasteiger partial charge >= 0.3 is 6.03 Å². The van der Waals surface area contributed by atoms with E-state index in [-0.39, 0.29) is 6.03 Å². The van der Waals surface area contributed by atoms with Gasteiger partial charge in [-0.15, -0.1) is 0 Å². The van der Waals surface area contributed by atoms with Gasteiger partial charge in [-0.3, -0.25) is 5.32 Å². The van der Waals surface area contributed by atoms with Crippen molar-refractivity contribution < 1.29 is 9.53 Å². The maximum absolute atomic E-state index is 12.5. The Hall–Kier alpha value is -1.92. The van der Waals surface area contributed by atoms with E-state index in [2.05, 4.69) is 10.3 Å². The number of thiazole rings is 1. The number of carbonyl (C=O) groups is 1. The number of rotatable bonds is 5. The third-order valence-electron chi connectivity index (χ3n) is 4.17. The molecule has 0 saturated carbocycles. The molecule has 1 aliphatic rings. The fourth-order valence-corrected chi connectivity index (χ4v) is 3.79. The summed E-state index contributed by atoms with van der Waals surface area (Å²) in [6.45, 7) is 6.93. The number of ether oxygens (including phenoxy) is 1. The fraction of sp³-hybridized carbons (Fsp3) is 0.444. The standard InChI is InChI=1S/C18H23N3O2S/c1-3-23-12-14-9-10-21(11-14)18(22)20-16-13(2)19-17(24-16)15-7-5-4-6-8-15/h4-8,14H,3,9-12H2,1-2H3,(H,20,22)/t14-/m1/s1. The largest absolute Gasteiger partial charge is 0.381 e. The van der Waals surface area contributed by atoms with Gasteiger partial charge < -0.3 is 9.64 Å². The van der Waals surface area contributed by atoms with Crippen LogP contribution in [0.25, 0.3) is 10.6 Å². The van der Waals surface area contributed by atoms with Gasteiger partial charge in [-0.25, -0.2) is 9.78 Å². The molecule has 5 nitrogen and oxygen atoms in total. The van der Waals surface area contributed by atoms with Crippen LogP contribution in [0.1, 0.15) is 19.0 Å². The molecule has 0 radical (unpaired) electrons. The highest BCUT2D eigenvalue weighted by Gasteiger charge is 2.27. The minimum absolute atomic E-state index is 0.0413. The van der Waals surface area contributed by atoms with E-state index in [1.807, 2.05) is 49.1 Å². The summed E-state index contributed by atoms with van der Waals surface area (Å²) in [6.07, 6.45) is 1.00. The molecule has 0 spiro atoms. The van der Waals surface area contributed by atoms with E-state index in [1.165, 1.54) is 11.3 Å². The number of carbonyl (C=O) groups excluding carboxylic acids is 1. The normalized spacial score (nSPS) is 17.2. The molecule has 128 valence electrons. The van der Waals surface area contributed by atoms with Crippen molar-refractivity contribution in [3.63, 3.8) is 0 Å². The summed E-state index contributed by atoms with van der Waals surface area (Å²) < 4.78 is 5.47. The zero-order chi connectivity index (χ0) is 16.9. The van der Waals surface area contributed by atoms with Crippen molar-refractivity contribution in [3.05, 3.63) is 36.0 Å². The molecule has 2 heterocycles. The lowest BCUT2D eigenvalue weighted by molar-refractivity contribution is 0.113. The zero-order valence-electron chi connectivity index (χ0n) is 14.1. The first-order chi connectivity index (χ1) is 11.7. The molecule has 6 heteroatoms. The Balaban J connectivity index is 1.62. The van der Waals surface area contributed by atoms with Crippen LogP contribution in [-0.4, -0.2) is 42.2 Å². The molecule has 3 rings (SSSR count). The smallest absolute Gasteiger partial charge is 0.322 e. The first-order valence-corrected chi connectivity index (χ1v) is 9.15. The van der Waals surface area contributed by atoms with Crippen molar-refractivity contribution in [2.24, 2.45) is 5.92 Å². The van der Waals surface area contributed by atoms with Crippen molar-refractivity contribution in [1.29, 1.82) is 0 Å². The molecule has 0 aliphatic carbocycles. The van der Waals surface area contributed by atoms with Gasteiger partial charge in [-0.05, 0) is 20.3 Å². The third-order valence-corrected chi connectivity index (χ3v) is 5.29. The SMILES string of the molecule is CCOC[C@@H]1CCN(C(=O)Nc2sc(-c3ccccc3)nc2C)C1. The minimum Gasteiger partial charge on any atom is -0.381 e. The Bertz CT molecular complexity index is 687. The summed E-state index contributed by atoms with van der Waals surface area (Å²) in [7, 11) is 0. The number of anilines is 1. The Morgan fingerprint density at radius 2 is 2.21 bits per heavy atom. The van der Waals surface area contributed by atoms with Crippen LogP contribution < -0.4 is 5.32 Å². The number of nitrogens with zero attached hydrogens (tertiary/aromatic N) is 2. The predicted molar refractivity (Wildman–Crippen MR) is 97.5 cm³/mol. The molecule has 2 aromatic rings. The second-order valence-electron chi connectivity index (χ2n) is 5.99. The monoisotopic (exact) mass is 345 g/mol. The first-order valence-electron chi connectivity index (χ1n) is 8.34. The Morgan fingerprint density at radius 1 is 1.42 bits per heavy atom. The van der Waals surface area contributed by atoms with Crippen LogP contribution in [0.3, 0.4) is 0 Å². The summed E-state index contributed by atoms with van der Waals surface area (Å²) in [5, 5.41) is 4.78. The van der Waals surface area contributed by atoms with Crippen molar-refractivity contribution in [3.8, 4) is 10.6 Å². The lowest BCUT2D eigenvalue weighted by Gasteiger charge is -2.17. The lowest BCUT2D eigenvalue weighted by atomic mass is 10.1. The van der Waals surface area contributed by atoms with Crippen LogP contribution >= 0.6 is 11.3 Å². The summed E-state index contributed by atoms with van der Waals surface area (Å²) in [4.78, 5) is 18.9. The number of benzene rings is 1. The number of aryl methyl sites for hydroxylation is 1. The predicted octanol–water partition coefficient (Wildman–Crippen LogP) is 4.01. The highest BCUT2D eigenvalue weighted by Crippen LogP contribution is 2.32. The molecular formula is C18H23N3O2S. The van der Waals surface area contributed by atoms with Gasteiger partial charge in [0.25, 0.3) is 0 Å². The van der Waals surface area contributed by atoms with E-state index >= 15 is 0 Å². The molecule has 0 bridgehead atoms. The highest BCUT2D eigenvalue weighted by atomic mass is 32.1. The van der Waals surface area contributed by atoms with Gasteiger partial charge in [0.05, 0.1) is 12.3 Å². The van der Waals surface area contributed by atoms with E-state index in [0.29, 0.717) is 5.92 Å². The van der Waals surface area contributed by atoms with Crippen LogP contribution in [0, 0.1) is 12.8 Å². The van der Waals surface area contributed by atoms with Crippen LogP contribution in [0.2, 0.25) is 0 Å². The average Bonchev–Trinajstić information content (AvgIpc) is 3.21. The molecule has 1 aromatic heterocycles. The molecule has 24 heavy (non-hydrogen) atoms. The Morgan fingerprint density at radius 3 is 2.96 bits per heavy atom. The van der Waals surface area contributed by atoms with Crippen molar-refractivity contribution in [2.45, 2.75) is 20.3 Å². The van der Waals surface area contributed by atoms with Gasteiger partial charge in [-0.1, -0.05) is 41.7 Å².